The first-order valence-corrected chi connectivity index (χ1v) is 10.1. The Labute approximate surface area is 167 Å². The van der Waals surface area contributed by atoms with Crippen LogP contribution in [0.3, 0.4) is 0 Å². The fraction of sp³-hybridized carbons (Fsp3) is 0.636. The third-order valence-electron chi connectivity index (χ3n) is 5.41. The summed E-state index contributed by atoms with van der Waals surface area (Å²) in [6, 6.07) is 3.89. The molecule has 2 aliphatic carbocycles. The Morgan fingerprint density at radius 1 is 1.25 bits per heavy atom. The zero-order chi connectivity index (χ0) is 20.5. The molecule has 6 heteroatoms. The number of alkyl carbamates (subject to hydrolysis) is 1. The Bertz CT molecular complexity index is 757. The van der Waals surface area contributed by atoms with Gasteiger partial charge < -0.3 is 19.8 Å². The second kappa shape index (κ2) is 7.64. The Kier molecular flexibility index (Phi) is 5.60. The van der Waals surface area contributed by atoms with Crippen molar-refractivity contribution in [1.82, 2.24) is 10.6 Å². The molecule has 0 saturated heterocycles. The standard InChI is InChI=1S/C22H32N2O4/c1-14-12-17(14)18-10-8-16(27-18)9-11-19(25)24-22(5,15-6-7-15)13-23-20(26)28-21(2,3)4/h8-11,14-15,17H,6-7,12-13H2,1-5H3,(H,23,26)(H,24,25). The van der Waals surface area contributed by atoms with Crippen LogP contribution in [0.15, 0.2) is 22.6 Å². The number of carbonyl (C=O) groups excluding carboxylic acids is 2. The molecule has 2 saturated carbocycles. The van der Waals surface area contributed by atoms with Gasteiger partial charge in [0.2, 0.25) is 5.91 Å². The quantitative estimate of drug-likeness (QED) is 0.685. The molecule has 28 heavy (non-hydrogen) atoms. The second-order valence-corrected chi connectivity index (χ2v) is 9.43. The molecule has 1 aromatic heterocycles. The first kappa shape index (κ1) is 20.5. The summed E-state index contributed by atoms with van der Waals surface area (Å²) in [7, 11) is 0. The first-order chi connectivity index (χ1) is 13.1. The molecule has 0 spiro atoms. The lowest BCUT2D eigenvalue weighted by Crippen LogP contribution is -2.55. The van der Waals surface area contributed by atoms with Gasteiger partial charge in [-0.15, -0.1) is 0 Å². The molecule has 6 nitrogen and oxygen atoms in total. The molecule has 0 radical (unpaired) electrons. The molecule has 1 heterocycles. The van der Waals surface area contributed by atoms with E-state index >= 15 is 0 Å². The number of furan rings is 1. The van der Waals surface area contributed by atoms with Crippen molar-refractivity contribution in [1.29, 1.82) is 0 Å². The van der Waals surface area contributed by atoms with Gasteiger partial charge >= 0.3 is 6.09 Å². The van der Waals surface area contributed by atoms with Gasteiger partial charge in [0.05, 0.1) is 5.54 Å². The van der Waals surface area contributed by atoms with Crippen LogP contribution in [0.5, 0.6) is 0 Å². The number of carbonyl (C=O) groups is 2. The van der Waals surface area contributed by atoms with Crippen molar-refractivity contribution in [3.8, 4) is 0 Å². The van der Waals surface area contributed by atoms with Crippen LogP contribution in [0.1, 0.15) is 71.3 Å². The SMILES string of the molecule is CC1CC1c1ccc(C=CC(=O)NC(C)(CNC(=O)OC(C)(C)C)C2CC2)o1. The molecular formula is C22H32N2O4. The zero-order valence-corrected chi connectivity index (χ0v) is 17.5. The summed E-state index contributed by atoms with van der Waals surface area (Å²) < 4.78 is 11.1. The van der Waals surface area contributed by atoms with Crippen LogP contribution in [-0.2, 0) is 9.53 Å². The highest BCUT2D eigenvalue weighted by atomic mass is 16.6. The zero-order valence-electron chi connectivity index (χ0n) is 17.5. The summed E-state index contributed by atoms with van der Waals surface area (Å²) in [6.07, 6.45) is 5.96. The highest BCUT2D eigenvalue weighted by molar-refractivity contribution is 5.92. The van der Waals surface area contributed by atoms with Gasteiger partial charge in [-0.05, 0) is 77.0 Å². The Morgan fingerprint density at radius 2 is 1.93 bits per heavy atom. The van der Waals surface area contributed by atoms with E-state index in [1.165, 1.54) is 12.5 Å². The van der Waals surface area contributed by atoms with Crippen LogP contribution in [-0.4, -0.2) is 29.7 Å². The van der Waals surface area contributed by atoms with Crippen molar-refractivity contribution in [2.45, 2.75) is 70.9 Å². The minimum atomic E-state index is -0.549. The van der Waals surface area contributed by atoms with Gasteiger partial charge in [-0.25, -0.2) is 4.79 Å². The Balaban J connectivity index is 1.53. The molecule has 2 aliphatic rings. The molecular weight excluding hydrogens is 356 g/mol. The minimum absolute atomic E-state index is 0.196. The number of hydrogen-bond donors (Lipinski definition) is 2. The number of rotatable bonds is 7. The van der Waals surface area contributed by atoms with E-state index in [9.17, 15) is 9.59 Å². The fourth-order valence-electron chi connectivity index (χ4n) is 3.44. The predicted octanol–water partition coefficient (Wildman–Crippen LogP) is 4.23. The van der Waals surface area contributed by atoms with Crippen LogP contribution in [0.25, 0.3) is 6.08 Å². The average molecular weight is 389 g/mol. The molecule has 2 fully saturated rings. The molecule has 3 unspecified atom stereocenters. The van der Waals surface area contributed by atoms with Crippen molar-refractivity contribution >= 4 is 18.1 Å². The third kappa shape index (κ3) is 5.63. The molecule has 1 aromatic rings. The van der Waals surface area contributed by atoms with Gasteiger partial charge in [-0.1, -0.05) is 6.92 Å². The maximum Gasteiger partial charge on any atom is 0.407 e. The van der Waals surface area contributed by atoms with E-state index in [0.29, 0.717) is 30.1 Å². The van der Waals surface area contributed by atoms with Gasteiger partial charge in [-0.2, -0.15) is 0 Å². The van der Waals surface area contributed by atoms with Crippen molar-refractivity contribution in [3.05, 3.63) is 29.7 Å². The van der Waals surface area contributed by atoms with E-state index in [-0.39, 0.29) is 5.91 Å². The second-order valence-electron chi connectivity index (χ2n) is 9.43. The van der Waals surface area contributed by atoms with Gasteiger partial charge in [0.15, 0.2) is 0 Å². The lowest BCUT2D eigenvalue weighted by atomic mass is 9.95. The highest BCUT2D eigenvalue weighted by Crippen LogP contribution is 2.47. The smallest absolute Gasteiger partial charge is 0.407 e. The molecule has 0 aliphatic heterocycles. The molecule has 3 rings (SSSR count). The van der Waals surface area contributed by atoms with E-state index in [1.54, 1.807) is 6.08 Å². The van der Waals surface area contributed by atoms with Gasteiger partial charge in [0, 0.05) is 18.5 Å². The van der Waals surface area contributed by atoms with E-state index in [2.05, 4.69) is 17.6 Å². The number of ether oxygens (including phenoxy) is 1. The Hall–Kier alpha value is -2.24. The normalized spacial score (nSPS) is 23.9. The molecule has 0 aromatic carbocycles. The number of nitrogens with one attached hydrogen (secondary N) is 2. The van der Waals surface area contributed by atoms with Crippen LogP contribution in [0.2, 0.25) is 0 Å². The predicted molar refractivity (Wildman–Crippen MR) is 108 cm³/mol. The van der Waals surface area contributed by atoms with E-state index in [4.69, 9.17) is 9.15 Å². The summed E-state index contributed by atoms with van der Waals surface area (Å²) >= 11 is 0. The maximum absolute atomic E-state index is 12.5. The van der Waals surface area contributed by atoms with Crippen LogP contribution < -0.4 is 10.6 Å². The Morgan fingerprint density at radius 3 is 2.50 bits per heavy atom. The van der Waals surface area contributed by atoms with Crippen molar-refractivity contribution in [2.24, 2.45) is 11.8 Å². The summed E-state index contributed by atoms with van der Waals surface area (Å²) in [6.45, 7) is 9.97. The summed E-state index contributed by atoms with van der Waals surface area (Å²) in [5.41, 5.74) is -1.05. The molecule has 2 amide bonds. The van der Waals surface area contributed by atoms with E-state index in [1.807, 2.05) is 39.8 Å². The van der Waals surface area contributed by atoms with Crippen molar-refractivity contribution < 1.29 is 18.7 Å². The number of amides is 2. The van der Waals surface area contributed by atoms with Crippen molar-refractivity contribution in [3.63, 3.8) is 0 Å². The largest absolute Gasteiger partial charge is 0.461 e. The lowest BCUT2D eigenvalue weighted by molar-refractivity contribution is -0.118. The van der Waals surface area contributed by atoms with E-state index < -0.39 is 17.2 Å². The topological polar surface area (TPSA) is 80.6 Å². The summed E-state index contributed by atoms with van der Waals surface area (Å²) in [4.78, 5) is 24.4. The van der Waals surface area contributed by atoms with Crippen LogP contribution in [0.4, 0.5) is 4.79 Å². The van der Waals surface area contributed by atoms with Gasteiger partial charge in [-0.3, -0.25) is 4.79 Å². The van der Waals surface area contributed by atoms with E-state index in [0.717, 1.165) is 18.6 Å². The monoisotopic (exact) mass is 388 g/mol. The highest BCUT2D eigenvalue weighted by Gasteiger charge is 2.42. The first-order valence-electron chi connectivity index (χ1n) is 10.1. The summed E-state index contributed by atoms with van der Waals surface area (Å²) in [5.74, 6) is 3.04. The molecule has 2 N–H and O–H groups in total. The average Bonchev–Trinajstić information content (AvgIpc) is 3.50. The van der Waals surface area contributed by atoms with Crippen molar-refractivity contribution in [2.75, 3.05) is 6.54 Å². The molecule has 0 bridgehead atoms. The molecule has 154 valence electrons. The minimum Gasteiger partial charge on any atom is -0.461 e. The van der Waals surface area contributed by atoms with Crippen LogP contribution in [0, 0.1) is 11.8 Å². The molecule has 3 atom stereocenters. The van der Waals surface area contributed by atoms with Crippen LogP contribution >= 0.6 is 0 Å². The summed E-state index contributed by atoms with van der Waals surface area (Å²) in [5, 5.41) is 5.84. The fourth-order valence-corrected chi connectivity index (χ4v) is 3.44. The number of hydrogen-bond acceptors (Lipinski definition) is 4. The van der Waals surface area contributed by atoms with Gasteiger partial charge in [0.1, 0.15) is 17.1 Å². The van der Waals surface area contributed by atoms with Gasteiger partial charge in [0.25, 0.3) is 0 Å². The third-order valence-corrected chi connectivity index (χ3v) is 5.41. The lowest BCUT2D eigenvalue weighted by Gasteiger charge is -2.31. The maximum atomic E-state index is 12.5.